The van der Waals surface area contributed by atoms with Crippen LogP contribution in [0.3, 0.4) is 0 Å². The third-order valence-electron chi connectivity index (χ3n) is 4.64. The number of hydrogen-bond acceptors (Lipinski definition) is 6. The Morgan fingerprint density at radius 3 is 2.29 bits per heavy atom. The summed E-state index contributed by atoms with van der Waals surface area (Å²) in [6, 6.07) is 12.8. The molecule has 3 rings (SSSR count). The van der Waals surface area contributed by atoms with Crippen LogP contribution in [0.15, 0.2) is 48.5 Å². The maximum absolute atomic E-state index is 12.9. The topological polar surface area (TPSA) is 158 Å². The quantitative estimate of drug-likeness (QED) is 0.338. The molecule has 1 unspecified atom stereocenters. The van der Waals surface area contributed by atoms with Crippen LogP contribution >= 0.6 is 0 Å². The van der Waals surface area contributed by atoms with Crippen molar-refractivity contribution < 1.29 is 24.2 Å². The van der Waals surface area contributed by atoms with Crippen molar-refractivity contribution in [3.8, 4) is 0 Å². The number of amides is 3. The molecule has 10 nitrogen and oxygen atoms in total. The molecule has 0 saturated carbocycles. The number of aliphatic hydroxyl groups is 1. The van der Waals surface area contributed by atoms with Crippen molar-refractivity contribution in [2.75, 3.05) is 28.7 Å². The van der Waals surface area contributed by atoms with Crippen molar-refractivity contribution in [1.29, 1.82) is 5.41 Å². The van der Waals surface area contributed by atoms with Crippen LogP contribution in [-0.4, -0.2) is 54.0 Å². The normalized spacial score (nSPS) is 17.0. The smallest absolute Gasteiger partial charge is 0.259 e. The lowest BCUT2D eigenvalue weighted by molar-refractivity contribution is -0.150. The van der Waals surface area contributed by atoms with Crippen molar-refractivity contribution >= 4 is 40.6 Å². The van der Waals surface area contributed by atoms with Gasteiger partial charge in [-0.05, 0) is 48.5 Å². The van der Waals surface area contributed by atoms with Crippen LogP contribution in [0.4, 0.5) is 17.1 Å². The SMILES string of the molecule is CC(=O)Nc1ccc(N2CCOC([C@@H](O)C(=O)Nc3ccc(C(=N)N)cc3)C2=O)cc1. The zero-order valence-corrected chi connectivity index (χ0v) is 16.8. The Bertz CT molecular complexity index is 990. The van der Waals surface area contributed by atoms with Gasteiger partial charge in [0.25, 0.3) is 11.8 Å². The van der Waals surface area contributed by atoms with Crippen molar-refractivity contribution in [3.05, 3.63) is 54.1 Å². The number of ether oxygens (including phenoxy) is 1. The minimum Gasteiger partial charge on any atom is -0.384 e. The summed E-state index contributed by atoms with van der Waals surface area (Å²) < 4.78 is 5.39. The maximum atomic E-state index is 12.9. The molecule has 2 aromatic carbocycles. The largest absolute Gasteiger partial charge is 0.384 e. The van der Waals surface area contributed by atoms with Crippen LogP contribution in [0.5, 0.6) is 0 Å². The summed E-state index contributed by atoms with van der Waals surface area (Å²) in [5.41, 5.74) is 7.41. The summed E-state index contributed by atoms with van der Waals surface area (Å²) in [5.74, 6) is -1.66. The zero-order valence-electron chi connectivity index (χ0n) is 16.8. The highest BCUT2D eigenvalue weighted by Crippen LogP contribution is 2.23. The maximum Gasteiger partial charge on any atom is 0.259 e. The van der Waals surface area contributed by atoms with Gasteiger partial charge in [-0.15, -0.1) is 0 Å². The number of carbonyl (C=O) groups is 3. The van der Waals surface area contributed by atoms with E-state index in [1.807, 2.05) is 0 Å². The van der Waals surface area contributed by atoms with Gasteiger partial charge in [0, 0.05) is 36.1 Å². The second-order valence-electron chi connectivity index (χ2n) is 6.93. The number of aliphatic hydroxyl groups excluding tert-OH is 1. The Morgan fingerprint density at radius 1 is 1.13 bits per heavy atom. The minimum atomic E-state index is -1.72. The molecule has 0 bridgehead atoms. The third kappa shape index (κ3) is 5.24. The number of carbonyl (C=O) groups excluding carboxylic acids is 3. The standard InChI is InChI=1S/C21H23N5O5/c1-12(27)24-14-6-8-16(9-7-14)26-10-11-31-18(21(26)30)17(28)20(29)25-15-4-2-13(3-5-15)19(22)23/h2-9,17-18,28H,10-11H2,1H3,(H3,22,23)(H,24,27)(H,25,29)/t17-,18?/m1/s1. The summed E-state index contributed by atoms with van der Waals surface area (Å²) in [6.45, 7) is 1.80. The Kier molecular flexibility index (Phi) is 6.63. The van der Waals surface area contributed by atoms with Gasteiger partial charge in [-0.1, -0.05) is 0 Å². The van der Waals surface area contributed by atoms with Gasteiger partial charge in [-0.3, -0.25) is 19.8 Å². The van der Waals surface area contributed by atoms with E-state index in [-0.39, 0.29) is 24.9 Å². The second kappa shape index (κ2) is 9.37. The van der Waals surface area contributed by atoms with Crippen molar-refractivity contribution in [3.63, 3.8) is 0 Å². The van der Waals surface area contributed by atoms with E-state index in [0.717, 1.165) is 0 Å². The van der Waals surface area contributed by atoms with Crippen LogP contribution < -0.4 is 21.3 Å². The van der Waals surface area contributed by atoms with Gasteiger partial charge < -0.3 is 31.1 Å². The van der Waals surface area contributed by atoms with E-state index in [2.05, 4.69) is 10.6 Å². The number of amidine groups is 1. The van der Waals surface area contributed by atoms with E-state index in [4.69, 9.17) is 15.9 Å². The Balaban J connectivity index is 1.67. The molecule has 6 N–H and O–H groups in total. The molecule has 10 heteroatoms. The molecule has 0 aliphatic carbocycles. The first-order valence-electron chi connectivity index (χ1n) is 9.50. The molecule has 1 saturated heterocycles. The summed E-state index contributed by atoms with van der Waals surface area (Å²) >= 11 is 0. The number of anilines is 3. The number of rotatable bonds is 6. The summed E-state index contributed by atoms with van der Waals surface area (Å²) in [4.78, 5) is 37.9. The summed E-state index contributed by atoms with van der Waals surface area (Å²) in [6.07, 6.45) is -3.08. The first kappa shape index (κ1) is 21.9. The lowest BCUT2D eigenvalue weighted by Crippen LogP contribution is -2.55. The highest BCUT2D eigenvalue weighted by atomic mass is 16.5. The highest BCUT2D eigenvalue weighted by molar-refractivity contribution is 6.04. The van der Waals surface area contributed by atoms with E-state index < -0.39 is 24.0 Å². The molecule has 0 radical (unpaired) electrons. The van der Waals surface area contributed by atoms with Gasteiger partial charge in [0.2, 0.25) is 5.91 Å². The Hall–Kier alpha value is -3.76. The zero-order chi connectivity index (χ0) is 22.5. The second-order valence-corrected chi connectivity index (χ2v) is 6.93. The van der Waals surface area contributed by atoms with Crippen LogP contribution in [0.25, 0.3) is 0 Å². The van der Waals surface area contributed by atoms with Gasteiger partial charge in [-0.25, -0.2) is 0 Å². The first-order chi connectivity index (χ1) is 14.8. The molecule has 2 atom stereocenters. The molecule has 0 spiro atoms. The minimum absolute atomic E-state index is 0.107. The van der Waals surface area contributed by atoms with E-state index in [1.54, 1.807) is 36.4 Å². The number of nitrogens with one attached hydrogen (secondary N) is 3. The van der Waals surface area contributed by atoms with E-state index >= 15 is 0 Å². The fourth-order valence-corrected chi connectivity index (χ4v) is 3.10. The van der Waals surface area contributed by atoms with Gasteiger partial charge in [0.1, 0.15) is 5.84 Å². The predicted octanol–water partition coefficient (Wildman–Crippen LogP) is 0.660. The van der Waals surface area contributed by atoms with Gasteiger partial charge in [0.15, 0.2) is 12.2 Å². The number of morpholine rings is 1. The van der Waals surface area contributed by atoms with E-state index in [9.17, 15) is 19.5 Å². The monoisotopic (exact) mass is 425 g/mol. The van der Waals surface area contributed by atoms with Crippen LogP contribution in [0, 0.1) is 5.41 Å². The molecule has 1 aliphatic heterocycles. The van der Waals surface area contributed by atoms with Crippen molar-refractivity contribution in [2.45, 2.75) is 19.1 Å². The van der Waals surface area contributed by atoms with E-state index in [1.165, 1.54) is 24.0 Å². The summed E-state index contributed by atoms with van der Waals surface area (Å²) in [7, 11) is 0. The highest BCUT2D eigenvalue weighted by Gasteiger charge is 2.39. The number of hydrogen-bond donors (Lipinski definition) is 5. The first-order valence-corrected chi connectivity index (χ1v) is 9.50. The molecule has 3 amide bonds. The number of nitrogen functional groups attached to an aromatic ring is 1. The number of benzene rings is 2. The van der Waals surface area contributed by atoms with E-state index in [0.29, 0.717) is 22.6 Å². The molecular formula is C21H23N5O5. The third-order valence-corrected chi connectivity index (χ3v) is 4.64. The van der Waals surface area contributed by atoms with Crippen LogP contribution in [0.1, 0.15) is 12.5 Å². The molecule has 162 valence electrons. The molecule has 0 aromatic heterocycles. The summed E-state index contributed by atoms with van der Waals surface area (Å²) in [5, 5.41) is 23.0. The average Bonchev–Trinajstić information content (AvgIpc) is 2.74. The van der Waals surface area contributed by atoms with Crippen molar-refractivity contribution in [2.24, 2.45) is 5.73 Å². The molecular weight excluding hydrogens is 402 g/mol. The average molecular weight is 425 g/mol. The Morgan fingerprint density at radius 2 is 1.71 bits per heavy atom. The molecule has 1 aliphatic rings. The van der Waals surface area contributed by atoms with Gasteiger partial charge in [0.05, 0.1) is 6.61 Å². The lowest BCUT2D eigenvalue weighted by Gasteiger charge is -2.34. The predicted molar refractivity (Wildman–Crippen MR) is 115 cm³/mol. The molecule has 1 heterocycles. The van der Waals surface area contributed by atoms with Gasteiger partial charge >= 0.3 is 0 Å². The molecule has 31 heavy (non-hydrogen) atoms. The fraction of sp³-hybridized carbons (Fsp3) is 0.238. The Labute approximate surface area is 178 Å². The lowest BCUT2D eigenvalue weighted by atomic mass is 10.1. The number of nitrogens with two attached hydrogens (primary N) is 1. The molecule has 1 fully saturated rings. The van der Waals surface area contributed by atoms with Crippen LogP contribution in [0.2, 0.25) is 0 Å². The van der Waals surface area contributed by atoms with Crippen molar-refractivity contribution in [1.82, 2.24) is 0 Å². The number of nitrogens with zero attached hydrogens (tertiary/aromatic N) is 1. The van der Waals surface area contributed by atoms with Gasteiger partial charge in [-0.2, -0.15) is 0 Å². The fourth-order valence-electron chi connectivity index (χ4n) is 3.10. The molecule has 2 aromatic rings. The van der Waals surface area contributed by atoms with Crippen LogP contribution in [-0.2, 0) is 19.1 Å².